The molecule has 1 aromatic heterocycles. The highest BCUT2D eigenvalue weighted by Gasteiger charge is 2.29. The van der Waals surface area contributed by atoms with Gasteiger partial charge in [-0.25, -0.2) is 12.8 Å². The van der Waals surface area contributed by atoms with Crippen LogP contribution in [-0.2, 0) is 10.0 Å². The lowest BCUT2D eigenvalue weighted by Crippen LogP contribution is -2.41. The van der Waals surface area contributed by atoms with E-state index in [1.54, 1.807) is 23.1 Å². The van der Waals surface area contributed by atoms with Crippen molar-refractivity contribution in [3.8, 4) is 5.19 Å². The van der Waals surface area contributed by atoms with E-state index in [0.717, 1.165) is 17.5 Å². The van der Waals surface area contributed by atoms with E-state index in [2.05, 4.69) is 4.98 Å². The number of hydrogen-bond donors (Lipinski definition) is 0. The molecule has 2 saturated heterocycles. The van der Waals surface area contributed by atoms with Crippen LogP contribution in [-0.4, -0.2) is 60.8 Å². The molecule has 0 bridgehead atoms. The van der Waals surface area contributed by atoms with Crippen LogP contribution in [0.5, 0.6) is 5.19 Å². The Bertz CT molecular complexity index is 1260. The summed E-state index contributed by atoms with van der Waals surface area (Å²) in [6.45, 7) is 2.14. The zero-order valence-corrected chi connectivity index (χ0v) is 19.6. The van der Waals surface area contributed by atoms with Gasteiger partial charge in [0.25, 0.3) is 11.1 Å². The van der Waals surface area contributed by atoms with E-state index in [0.29, 0.717) is 55.3 Å². The first-order chi connectivity index (χ1) is 15.9. The zero-order valence-electron chi connectivity index (χ0n) is 17.9. The highest BCUT2D eigenvalue weighted by molar-refractivity contribution is 7.89. The van der Waals surface area contributed by atoms with Crippen LogP contribution in [0, 0.1) is 5.82 Å². The van der Waals surface area contributed by atoms with Gasteiger partial charge in [0.1, 0.15) is 17.4 Å². The van der Waals surface area contributed by atoms with Crippen molar-refractivity contribution in [3.05, 3.63) is 53.8 Å². The van der Waals surface area contributed by atoms with E-state index in [9.17, 15) is 17.6 Å². The van der Waals surface area contributed by atoms with E-state index in [-0.39, 0.29) is 22.7 Å². The zero-order chi connectivity index (χ0) is 23.0. The van der Waals surface area contributed by atoms with Gasteiger partial charge in [-0.2, -0.15) is 9.29 Å². The van der Waals surface area contributed by atoms with Crippen LogP contribution in [0.3, 0.4) is 0 Å². The molecule has 3 heterocycles. The van der Waals surface area contributed by atoms with Crippen molar-refractivity contribution in [2.75, 3.05) is 26.2 Å². The maximum absolute atomic E-state index is 13.9. The molecule has 33 heavy (non-hydrogen) atoms. The minimum absolute atomic E-state index is 0.0920. The van der Waals surface area contributed by atoms with Gasteiger partial charge < -0.3 is 9.64 Å². The minimum atomic E-state index is -3.49. The Morgan fingerprint density at radius 2 is 1.73 bits per heavy atom. The smallest absolute Gasteiger partial charge is 0.274 e. The molecule has 0 aliphatic carbocycles. The molecule has 0 spiro atoms. The quantitative estimate of drug-likeness (QED) is 0.543. The third kappa shape index (κ3) is 4.47. The number of likely N-dealkylation sites (tertiary alicyclic amines) is 1. The van der Waals surface area contributed by atoms with Crippen LogP contribution in [0.4, 0.5) is 4.39 Å². The number of amides is 1. The van der Waals surface area contributed by atoms with Crippen LogP contribution in [0.25, 0.3) is 10.2 Å². The molecule has 2 fully saturated rings. The average Bonchev–Trinajstić information content (AvgIpc) is 3.50. The highest BCUT2D eigenvalue weighted by atomic mass is 32.2. The molecule has 10 heteroatoms. The molecular formula is C23H24FN3O4S2. The molecule has 3 aromatic rings. The van der Waals surface area contributed by atoms with E-state index in [4.69, 9.17) is 4.74 Å². The second-order valence-electron chi connectivity index (χ2n) is 8.31. The van der Waals surface area contributed by atoms with Crippen LogP contribution in [0.15, 0.2) is 47.4 Å². The monoisotopic (exact) mass is 489 g/mol. The lowest BCUT2D eigenvalue weighted by molar-refractivity contribution is 0.0595. The average molecular weight is 490 g/mol. The molecule has 2 aromatic carbocycles. The Hall–Kier alpha value is -2.56. The topological polar surface area (TPSA) is 79.8 Å². The molecule has 174 valence electrons. The fraction of sp³-hybridized carbons (Fsp3) is 0.391. The molecule has 7 nitrogen and oxygen atoms in total. The summed E-state index contributed by atoms with van der Waals surface area (Å²) >= 11 is 1.31. The number of sulfonamides is 1. The second kappa shape index (κ2) is 9.00. The van der Waals surface area contributed by atoms with E-state index in [1.807, 2.05) is 6.07 Å². The number of fused-ring (bicyclic) bond motifs is 1. The Kier molecular flexibility index (Phi) is 6.07. The number of hydrogen-bond acceptors (Lipinski definition) is 6. The second-order valence-corrected chi connectivity index (χ2v) is 11.2. The van der Waals surface area contributed by atoms with Crippen molar-refractivity contribution in [2.24, 2.45) is 0 Å². The summed E-state index contributed by atoms with van der Waals surface area (Å²) in [7, 11) is -3.49. The van der Waals surface area contributed by atoms with Crippen molar-refractivity contribution in [1.29, 1.82) is 0 Å². The van der Waals surface area contributed by atoms with Crippen LogP contribution in [0.1, 0.15) is 36.0 Å². The Morgan fingerprint density at radius 1 is 1.03 bits per heavy atom. The summed E-state index contributed by atoms with van der Waals surface area (Å²) in [6, 6.07) is 11.0. The van der Waals surface area contributed by atoms with E-state index < -0.39 is 10.0 Å². The van der Waals surface area contributed by atoms with Gasteiger partial charge in [-0.05, 0) is 49.2 Å². The first-order valence-corrected chi connectivity index (χ1v) is 13.3. The van der Waals surface area contributed by atoms with Crippen LogP contribution < -0.4 is 4.74 Å². The number of carbonyl (C=O) groups is 1. The predicted molar refractivity (Wildman–Crippen MR) is 124 cm³/mol. The number of para-hydroxylation sites is 1. The van der Waals surface area contributed by atoms with Crippen molar-refractivity contribution in [2.45, 2.75) is 36.7 Å². The van der Waals surface area contributed by atoms with Gasteiger partial charge in [0.05, 0.1) is 9.60 Å². The maximum Gasteiger partial charge on any atom is 0.274 e. The van der Waals surface area contributed by atoms with Gasteiger partial charge in [0, 0.05) is 44.6 Å². The van der Waals surface area contributed by atoms with Gasteiger partial charge in [-0.15, -0.1) is 0 Å². The number of nitrogens with zero attached hydrogens (tertiary/aromatic N) is 3. The Balaban J connectivity index is 1.19. The molecule has 5 rings (SSSR count). The van der Waals surface area contributed by atoms with Gasteiger partial charge >= 0.3 is 0 Å². The molecule has 0 N–H and O–H groups in total. The normalized spacial score (nSPS) is 18.2. The summed E-state index contributed by atoms with van der Waals surface area (Å²) in [5.41, 5.74) is 0.789. The van der Waals surface area contributed by atoms with E-state index >= 15 is 0 Å². The molecule has 0 saturated carbocycles. The first-order valence-electron chi connectivity index (χ1n) is 11.0. The summed E-state index contributed by atoms with van der Waals surface area (Å²) in [6.07, 6.45) is 2.96. The maximum atomic E-state index is 13.9. The number of benzene rings is 2. The van der Waals surface area contributed by atoms with Crippen molar-refractivity contribution in [1.82, 2.24) is 14.2 Å². The van der Waals surface area contributed by atoms with E-state index in [1.165, 1.54) is 33.8 Å². The third-order valence-corrected chi connectivity index (χ3v) is 8.98. The van der Waals surface area contributed by atoms with Gasteiger partial charge in [-0.1, -0.05) is 17.4 Å². The third-order valence-electron chi connectivity index (χ3n) is 6.15. The predicted octanol–water partition coefficient (Wildman–Crippen LogP) is 3.90. The number of rotatable bonds is 5. The summed E-state index contributed by atoms with van der Waals surface area (Å²) < 4.78 is 47.4. The number of thiazole rings is 1. The van der Waals surface area contributed by atoms with Crippen LogP contribution in [0.2, 0.25) is 0 Å². The molecule has 0 atom stereocenters. The van der Waals surface area contributed by atoms with Gasteiger partial charge in [-0.3, -0.25) is 4.79 Å². The van der Waals surface area contributed by atoms with Crippen molar-refractivity contribution < 1.29 is 22.3 Å². The molecule has 2 aliphatic rings. The fourth-order valence-corrected chi connectivity index (χ4v) is 6.71. The largest absolute Gasteiger partial charge is 0.467 e. The number of aromatic nitrogens is 1. The first kappa shape index (κ1) is 22.2. The SMILES string of the molecule is O=C(c1ccc(S(=O)(=O)N2CCCC2)cc1)N1CCC(Oc2nc3c(F)cccc3s2)CC1. The fourth-order valence-electron chi connectivity index (χ4n) is 4.29. The highest BCUT2D eigenvalue weighted by Crippen LogP contribution is 2.31. The number of halogens is 1. The number of piperidine rings is 1. The molecule has 0 unspecified atom stereocenters. The molecule has 0 radical (unpaired) electrons. The van der Waals surface area contributed by atoms with Gasteiger partial charge in [0.15, 0.2) is 0 Å². The molecular weight excluding hydrogens is 465 g/mol. The summed E-state index contributed by atoms with van der Waals surface area (Å²) in [5, 5.41) is 0.440. The molecule has 1 amide bonds. The standard InChI is InChI=1S/C23H24FN3O4S2/c24-19-4-3-5-20-21(19)25-23(32-20)31-17-10-14-26(15-11-17)22(28)16-6-8-18(9-7-16)33(29,30)27-12-1-2-13-27/h3-9,17H,1-2,10-15H2. The number of ether oxygens (including phenoxy) is 1. The Labute approximate surface area is 195 Å². The summed E-state index contributed by atoms with van der Waals surface area (Å²) in [4.78, 5) is 19.1. The van der Waals surface area contributed by atoms with Crippen molar-refractivity contribution in [3.63, 3.8) is 0 Å². The van der Waals surface area contributed by atoms with Crippen molar-refractivity contribution >= 4 is 37.5 Å². The Morgan fingerprint density at radius 3 is 2.39 bits per heavy atom. The lowest BCUT2D eigenvalue weighted by Gasteiger charge is -2.31. The summed E-state index contributed by atoms with van der Waals surface area (Å²) in [5.74, 6) is -0.487. The van der Waals surface area contributed by atoms with Gasteiger partial charge in [0.2, 0.25) is 10.0 Å². The lowest BCUT2D eigenvalue weighted by atomic mass is 10.1. The number of carbonyl (C=O) groups excluding carboxylic acids is 1. The van der Waals surface area contributed by atoms with Crippen LogP contribution >= 0.6 is 11.3 Å². The molecule has 2 aliphatic heterocycles. The minimum Gasteiger partial charge on any atom is -0.467 e.